The molecule has 1 rings (SSSR count). The van der Waals surface area contributed by atoms with Crippen LogP contribution in [0.5, 0.6) is 0 Å². The molecular weight excluding hydrogens is 416 g/mol. The molecular formula is C19H25ClN4O6. The molecule has 0 aliphatic carbocycles. The average molecular weight is 441 g/mol. The standard InChI is InChI=1S/C19H25ClN4O6/c1-11(17(26)24-15(18(27)28)8-14(21)9-20)22-16(25)12(2)23-19(29)30-10-13-6-4-3-5-7-13/h3-7,11-12,15,21H,8-10H2,1-2H3,(H,22,25)(H,23,29)(H,24,26)(H,27,28). The predicted molar refractivity (Wildman–Crippen MR) is 109 cm³/mol. The van der Waals surface area contributed by atoms with Gasteiger partial charge >= 0.3 is 12.1 Å². The highest BCUT2D eigenvalue weighted by atomic mass is 35.5. The predicted octanol–water partition coefficient (Wildman–Crippen LogP) is 1.02. The lowest BCUT2D eigenvalue weighted by atomic mass is 10.1. The van der Waals surface area contributed by atoms with E-state index in [9.17, 15) is 19.2 Å². The molecule has 30 heavy (non-hydrogen) atoms. The minimum Gasteiger partial charge on any atom is -0.480 e. The van der Waals surface area contributed by atoms with Crippen LogP contribution in [-0.2, 0) is 25.7 Å². The fraction of sp³-hybridized carbons (Fsp3) is 0.421. The second kappa shape index (κ2) is 12.4. The molecule has 3 atom stereocenters. The summed E-state index contributed by atoms with van der Waals surface area (Å²) in [5.74, 6) is -2.89. The van der Waals surface area contributed by atoms with Crippen molar-refractivity contribution in [2.24, 2.45) is 0 Å². The van der Waals surface area contributed by atoms with Crippen LogP contribution in [0.1, 0.15) is 25.8 Å². The van der Waals surface area contributed by atoms with Crippen molar-refractivity contribution in [2.45, 2.75) is 45.0 Å². The number of amides is 3. The summed E-state index contributed by atoms with van der Waals surface area (Å²) in [6, 6.07) is 5.57. The molecule has 0 fully saturated rings. The second-order valence-corrected chi connectivity index (χ2v) is 6.77. The molecule has 1 aromatic rings. The van der Waals surface area contributed by atoms with Crippen LogP contribution >= 0.6 is 11.6 Å². The van der Waals surface area contributed by atoms with Crippen LogP contribution in [0.3, 0.4) is 0 Å². The maximum Gasteiger partial charge on any atom is 0.408 e. The molecule has 0 bridgehead atoms. The number of carbonyl (C=O) groups excluding carboxylic acids is 3. The zero-order valence-electron chi connectivity index (χ0n) is 16.6. The van der Waals surface area contributed by atoms with Gasteiger partial charge in [0.05, 0.1) is 5.88 Å². The normalized spacial score (nSPS) is 13.3. The van der Waals surface area contributed by atoms with Gasteiger partial charge in [0.1, 0.15) is 24.7 Å². The summed E-state index contributed by atoms with van der Waals surface area (Å²) in [6.07, 6.45) is -1.06. The highest BCUT2D eigenvalue weighted by Crippen LogP contribution is 2.01. The lowest BCUT2D eigenvalue weighted by molar-refractivity contribution is -0.142. The SMILES string of the molecule is CC(NC(=O)OCc1ccccc1)C(=O)NC(C)C(=O)NC(CC(=N)CCl)C(=O)O. The summed E-state index contributed by atoms with van der Waals surface area (Å²) in [4.78, 5) is 47.4. The summed E-state index contributed by atoms with van der Waals surface area (Å²) in [7, 11) is 0. The minimum atomic E-state index is -1.34. The number of halogens is 1. The van der Waals surface area contributed by atoms with E-state index in [1.165, 1.54) is 13.8 Å². The van der Waals surface area contributed by atoms with E-state index < -0.39 is 42.0 Å². The highest BCUT2D eigenvalue weighted by molar-refractivity contribution is 6.28. The quantitative estimate of drug-likeness (QED) is 0.255. The Hall–Kier alpha value is -3.14. The fourth-order valence-electron chi connectivity index (χ4n) is 2.21. The van der Waals surface area contributed by atoms with Gasteiger partial charge in [0, 0.05) is 12.1 Å². The highest BCUT2D eigenvalue weighted by Gasteiger charge is 2.26. The van der Waals surface area contributed by atoms with E-state index in [4.69, 9.17) is 26.9 Å². The third-order valence-electron chi connectivity index (χ3n) is 3.92. The number of hydrogen-bond donors (Lipinski definition) is 5. The van der Waals surface area contributed by atoms with Crippen molar-refractivity contribution < 1.29 is 29.0 Å². The van der Waals surface area contributed by atoms with Crippen LogP contribution in [0.25, 0.3) is 0 Å². The Bertz CT molecular complexity index is 774. The molecule has 164 valence electrons. The smallest absolute Gasteiger partial charge is 0.408 e. The molecule has 0 aromatic heterocycles. The zero-order valence-corrected chi connectivity index (χ0v) is 17.4. The van der Waals surface area contributed by atoms with Crippen LogP contribution in [0.4, 0.5) is 4.79 Å². The number of hydrogen-bond acceptors (Lipinski definition) is 6. The van der Waals surface area contributed by atoms with E-state index in [-0.39, 0.29) is 24.6 Å². The van der Waals surface area contributed by atoms with Gasteiger partial charge in [-0.2, -0.15) is 0 Å². The van der Waals surface area contributed by atoms with Crippen LogP contribution in [0.15, 0.2) is 30.3 Å². The van der Waals surface area contributed by atoms with Crippen molar-refractivity contribution >= 4 is 41.2 Å². The van der Waals surface area contributed by atoms with Crippen molar-refractivity contribution in [3.63, 3.8) is 0 Å². The number of carbonyl (C=O) groups is 4. The Morgan fingerprint density at radius 2 is 1.60 bits per heavy atom. The van der Waals surface area contributed by atoms with Gasteiger partial charge in [-0.15, -0.1) is 11.6 Å². The van der Waals surface area contributed by atoms with Crippen LogP contribution in [-0.4, -0.2) is 58.7 Å². The molecule has 3 unspecified atom stereocenters. The van der Waals surface area contributed by atoms with Gasteiger partial charge in [0.15, 0.2) is 0 Å². The summed E-state index contributed by atoms with van der Waals surface area (Å²) in [5.41, 5.74) is 0.734. The summed E-state index contributed by atoms with van der Waals surface area (Å²) >= 11 is 5.47. The third kappa shape index (κ3) is 8.91. The van der Waals surface area contributed by atoms with Crippen molar-refractivity contribution in [1.82, 2.24) is 16.0 Å². The van der Waals surface area contributed by atoms with Crippen molar-refractivity contribution in [3.8, 4) is 0 Å². The first-order valence-corrected chi connectivity index (χ1v) is 9.60. The summed E-state index contributed by atoms with van der Waals surface area (Å²) in [5, 5.41) is 23.6. The molecule has 5 N–H and O–H groups in total. The number of alkyl carbamates (subject to hydrolysis) is 1. The first kappa shape index (κ1) is 24.9. The number of alkyl halides is 1. The number of ether oxygens (including phenoxy) is 1. The van der Waals surface area contributed by atoms with E-state index >= 15 is 0 Å². The average Bonchev–Trinajstić information content (AvgIpc) is 2.71. The number of nitrogens with one attached hydrogen (secondary N) is 4. The second-order valence-electron chi connectivity index (χ2n) is 6.50. The molecule has 11 heteroatoms. The number of benzene rings is 1. The molecule has 3 amide bonds. The molecule has 0 spiro atoms. The maximum atomic E-state index is 12.2. The van der Waals surface area contributed by atoms with Gasteiger partial charge in [0.2, 0.25) is 11.8 Å². The van der Waals surface area contributed by atoms with Crippen LogP contribution < -0.4 is 16.0 Å². The van der Waals surface area contributed by atoms with Gasteiger partial charge in [-0.25, -0.2) is 9.59 Å². The molecule has 0 radical (unpaired) electrons. The lowest BCUT2D eigenvalue weighted by Gasteiger charge is -2.20. The van der Waals surface area contributed by atoms with Crippen molar-refractivity contribution in [3.05, 3.63) is 35.9 Å². The van der Waals surface area contributed by atoms with Gasteiger partial charge < -0.3 is 31.2 Å². The Labute approximate surface area is 178 Å². The molecule has 1 aromatic carbocycles. The van der Waals surface area contributed by atoms with Crippen LogP contribution in [0.2, 0.25) is 0 Å². The molecule has 0 heterocycles. The first-order valence-electron chi connectivity index (χ1n) is 9.07. The maximum absolute atomic E-state index is 12.2. The lowest BCUT2D eigenvalue weighted by Crippen LogP contribution is -2.54. The van der Waals surface area contributed by atoms with Gasteiger partial charge in [-0.3, -0.25) is 9.59 Å². The molecule has 0 aliphatic rings. The Kier molecular flexibility index (Phi) is 10.3. The first-order chi connectivity index (χ1) is 14.1. The topological polar surface area (TPSA) is 158 Å². The number of rotatable bonds is 11. The van der Waals surface area contributed by atoms with Gasteiger partial charge in [-0.1, -0.05) is 30.3 Å². The van der Waals surface area contributed by atoms with E-state index in [1.54, 1.807) is 24.3 Å². The molecule has 0 saturated heterocycles. The van der Waals surface area contributed by atoms with Gasteiger partial charge in [0.25, 0.3) is 0 Å². The van der Waals surface area contributed by atoms with Crippen molar-refractivity contribution in [1.29, 1.82) is 5.41 Å². The number of carboxylic acid groups (broad SMARTS) is 1. The Morgan fingerprint density at radius 3 is 2.17 bits per heavy atom. The van der Waals surface area contributed by atoms with E-state index in [0.717, 1.165) is 5.56 Å². The Morgan fingerprint density at radius 1 is 1.03 bits per heavy atom. The van der Waals surface area contributed by atoms with Crippen molar-refractivity contribution in [2.75, 3.05) is 5.88 Å². The monoisotopic (exact) mass is 440 g/mol. The number of aliphatic carboxylic acids is 1. The van der Waals surface area contributed by atoms with Crippen LogP contribution in [0, 0.1) is 5.41 Å². The molecule has 0 saturated carbocycles. The van der Waals surface area contributed by atoms with E-state index in [1.807, 2.05) is 6.07 Å². The summed E-state index contributed by atoms with van der Waals surface area (Å²) < 4.78 is 5.02. The fourth-order valence-corrected chi connectivity index (χ4v) is 2.32. The zero-order chi connectivity index (χ0) is 22.7. The molecule has 0 aliphatic heterocycles. The van der Waals surface area contributed by atoms with E-state index in [0.29, 0.717) is 0 Å². The minimum absolute atomic E-state index is 0.0354. The largest absolute Gasteiger partial charge is 0.480 e. The van der Waals surface area contributed by atoms with E-state index in [2.05, 4.69) is 16.0 Å². The third-order valence-corrected chi connectivity index (χ3v) is 4.24. The summed E-state index contributed by atoms with van der Waals surface area (Å²) in [6.45, 7) is 2.80. The number of carboxylic acids is 1. The van der Waals surface area contributed by atoms with Gasteiger partial charge in [-0.05, 0) is 19.4 Å². The Balaban J connectivity index is 2.48. The molecule has 10 nitrogen and oxygen atoms in total.